The molecule has 0 aromatic heterocycles. The average molecular weight is 240 g/mol. The van der Waals surface area contributed by atoms with Crippen LogP contribution in [0.5, 0.6) is 0 Å². The number of rotatable bonds is 3. The van der Waals surface area contributed by atoms with Crippen LogP contribution in [0.25, 0.3) is 0 Å². The molecule has 1 aromatic carbocycles. The summed E-state index contributed by atoms with van der Waals surface area (Å²) in [5.74, 6) is -1.21. The summed E-state index contributed by atoms with van der Waals surface area (Å²) in [6.45, 7) is 2.62. The maximum absolute atomic E-state index is 13.3. The first-order valence-electron chi connectivity index (χ1n) is 5.51. The van der Waals surface area contributed by atoms with E-state index in [9.17, 15) is 13.6 Å². The third kappa shape index (κ3) is 2.54. The number of carbonyl (C=O) groups excluding carboxylic acids is 1. The molecular weight excluding hydrogens is 226 g/mol. The zero-order valence-electron chi connectivity index (χ0n) is 9.47. The van der Waals surface area contributed by atoms with E-state index < -0.39 is 17.5 Å². The molecule has 1 aliphatic rings. The molecule has 2 unspecified atom stereocenters. The molecule has 0 aliphatic heterocycles. The standard InChI is InChI=1S/C12H14F2N2O/c1-6-2-7(6)5-16-12(17)8-3-11(15)10(14)4-9(8)13/h3-4,6-7H,2,5,15H2,1H3,(H,16,17). The van der Waals surface area contributed by atoms with Crippen LogP contribution >= 0.6 is 0 Å². The first-order valence-corrected chi connectivity index (χ1v) is 5.51. The average Bonchev–Trinajstić information content (AvgIpc) is 2.96. The lowest BCUT2D eigenvalue weighted by Gasteiger charge is -2.07. The topological polar surface area (TPSA) is 55.1 Å². The molecule has 0 radical (unpaired) electrons. The van der Waals surface area contributed by atoms with Gasteiger partial charge in [0.1, 0.15) is 11.6 Å². The van der Waals surface area contributed by atoms with E-state index in [1.54, 1.807) is 0 Å². The highest BCUT2D eigenvalue weighted by Crippen LogP contribution is 2.36. The van der Waals surface area contributed by atoms with Crippen LogP contribution in [0.1, 0.15) is 23.7 Å². The van der Waals surface area contributed by atoms with Gasteiger partial charge in [0.2, 0.25) is 0 Å². The molecule has 1 aliphatic carbocycles. The largest absolute Gasteiger partial charge is 0.396 e. The van der Waals surface area contributed by atoms with Gasteiger partial charge in [-0.1, -0.05) is 6.92 Å². The van der Waals surface area contributed by atoms with Crippen molar-refractivity contribution in [2.24, 2.45) is 11.8 Å². The molecule has 2 atom stereocenters. The van der Waals surface area contributed by atoms with Gasteiger partial charge in [-0.15, -0.1) is 0 Å². The molecule has 0 saturated heterocycles. The van der Waals surface area contributed by atoms with Crippen molar-refractivity contribution >= 4 is 11.6 Å². The Kier molecular flexibility index (Phi) is 3.00. The first kappa shape index (κ1) is 11.8. The Hall–Kier alpha value is -1.65. The summed E-state index contributed by atoms with van der Waals surface area (Å²) < 4.78 is 26.2. The molecule has 5 heteroatoms. The maximum atomic E-state index is 13.3. The molecule has 2 rings (SSSR count). The molecule has 1 aromatic rings. The first-order chi connectivity index (χ1) is 7.99. The van der Waals surface area contributed by atoms with Crippen LogP contribution in [0.4, 0.5) is 14.5 Å². The van der Waals surface area contributed by atoms with Crippen molar-refractivity contribution in [3.8, 4) is 0 Å². The van der Waals surface area contributed by atoms with E-state index in [1.165, 1.54) is 0 Å². The third-order valence-electron chi connectivity index (χ3n) is 3.13. The van der Waals surface area contributed by atoms with Crippen LogP contribution in [0.15, 0.2) is 12.1 Å². The van der Waals surface area contributed by atoms with Crippen LogP contribution in [0, 0.1) is 23.5 Å². The van der Waals surface area contributed by atoms with Crippen LogP contribution in [-0.4, -0.2) is 12.5 Å². The Morgan fingerprint density at radius 1 is 1.47 bits per heavy atom. The number of nitrogens with one attached hydrogen (secondary N) is 1. The number of carbonyl (C=O) groups is 1. The fourth-order valence-electron chi connectivity index (χ4n) is 1.74. The van der Waals surface area contributed by atoms with Gasteiger partial charge < -0.3 is 11.1 Å². The van der Waals surface area contributed by atoms with Crippen LogP contribution in [0.2, 0.25) is 0 Å². The van der Waals surface area contributed by atoms with Gasteiger partial charge >= 0.3 is 0 Å². The maximum Gasteiger partial charge on any atom is 0.254 e. The molecular formula is C12H14F2N2O. The zero-order valence-corrected chi connectivity index (χ0v) is 9.47. The lowest BCUT2D eigenvalue weighted by Crippen LogP contribution is -2.27. The van der Waals surface area contributed by atoms with Crippen LogP contribution in [-0.2, 0) is 0 Å². The van der Waals surface area contributed by atoms with Gasteiger partial charge in [0.15, 0.2) is 0 Å². The van der Waals surface area contributed by atoms with E-state index in [2.05, 4.69) is 12.2 Å². The number of hydrogen-bond acceptors (Lipinski definition) is 2. The summed E-state index contributed by atoms with van der Waals surface area (Å²) in [5.41, 5.74) is 4.86. The summed E-state index contributed by atoms with van der Waals surface area (Å²) in [6.07, 6.45) is 1.08. The van der Waals surface area contributed by atoms with Gasteiger partial charge in [-0.3, -0.25) is 4.79 Å². The molecule has 0 spiro atoms. The highest BCUT2D eigenvalue weighted by Gasteiger charge is 2.32. The van der Waals surface area contributed by atoms with Crippen molar-refractivity contribution in [3.05, 3.63) is 29.3 Å². The van der Waals surface area contributed by atoms with Gasteiger partial charge in [0.25, 0.3) is 5.91 Å². The minimum atomic E-state index is -0.891. The summed E-state index contributed by atoms with van der Waals surface area (Å²) in [4.78, 5) is 11.6. The second kappa shape index (κ2) is 4.31. The number of nitrogens with two attached hydrogens (primary N) is 1. The Morgan fingerprint density at radius 3 is 2.71 bits per heavy atom. The number of benzene rings is 1. The number of anilines is 1. The number of nitrogen functional groups attached to an aromatic ring is 1. The predicted octanol–water partition coefficient (Wildman–Crippen LogP) is 1.93. The van der Waals surface area contributed by atoms with E-state index in [1.807, 2.05) is 0 Å². The van der Waals surface area contributed by atoms with E-state index in [0.29, 0.717) is 24.4 Å². The lowest BCUT2D eigenvalue weighted by atomic mass is 10.1. The molecule has 0 bridgehead atoms. The Labute approximate surface area is 98.0 Å². The second-order valence-electron chi connectivity index (χ2n) is 4.54. The van der Waals surface area contributed by atoms with E-state index >= 15 is 0 Å². The summed E-state index contributed by atoms with van der Waals surface area (Å²) in [7, 11) is 0. The van der Waals surface area contributed by atoms with Gasteiger partial charge in [-0.05, 0) is 24.3 Å². The Balaban J connectivity index is 2.05. The van der Waals surface area contributed by atoms with Crippen molar-refractivity contribution in [2.75, 3.05) is 12.3 Å². The minimum absolute atomic E-state index is 0.211. The summed E-state index contributed by atoms with van der Waals surface area (Å²) >= 11 is 0. The predicted molar refractivity (Wildman–Crippen MR) is 60.4 cm³/mol. The Bertz CT molecular complexity index is 462. The van der Waals surface area contributed by atoms with Crippen molar-refractivity contribution in [3.63, 3.8) is 0 Å². The normalized spacial score (nSPS) is 22.3. The van der Waals surface area contributed by atoms with E-state index in [0.717, 1.165) is 12.5 Å². The van der Waals surface area contributed by atoms with Gasteiger partial charge in [-0.25, -0.2) is 8.78 Å². The number of amides is 1. The molecule has 92 valence electrons. The van der Waals surface area contributed by atoms with Crippen molar-refractivity contribution in [1.82, 2.24) is 5.32 Å². The van der Waals surface area contributed by atoms with Crippen molar-refractivity contribution in [1.29, 1.82) is 0 Å². The molecule has 1 amide bonds. The molecule has 1 saturated carbocycles. The Morgan fingerprint density at radius 2 is 2.12 bits per heavy atom. The molecule has 3 N–H and O–H groups in total. The van der Waals surface area contributed by atoms with Crippen LogP contribution < -0.4 is 11.1 Å². The minimum Gasteiger partial charge on any atom is -0.396 e. The van der Waals surface area contributed by atoms with Crippen LogP contribution in [0.3, 0.4) is 0 Å². The lowest BCUT2D eigenvalue weighted by molar-refractivity contribution is 0.0947. The fraction of sp³-hybridized carbons (Fsp3) is 0.417. The van der Waals surface area contributed by atoms with E-state index in [4.69, 9.17) is 5.73 Å². The number of halogens is 2. The highest BCUT2D eigenvalue weighted by molar-refractivity contribution is 5.95. The molecule has 1 fully saturated rings. The van der Waals surface area contributed by atoms with Gasteiger partial charge in [0, 0.05) is 12.6 Å². The zero-order chi connectivity index (χ0) is 12.6. The van der Waals surface area contributed by atoms with Crippen molar-refractivity contribution < 1.29 is 13.6 Å². The summed E-state index contributed by atoms with van der Waals surface area (Å²) in [6, 6.07) is 1.65. The number of hydrogen-bond donors (Lipinski definition) is 2. The third-order valence-corrected chi connectivity index (χ3v) is 3.13. The second-order valence-corrected chi connectivity index (χ2v) is 4.54. The quantitative estimate of drug-likeness (QED) is 0.793. The highest BCUT2D eigenvalue weighted by atomic mass is 19.1. The SMILES string of the molecule is CC1CC1CNC(=O)c1cc(N)c(F)cc1F. The van der Waals surface area contributed by atoms with Gasteiger partial charge in [-0.2, -0.15) is 0 Å². The smallest absolute Gasteiger partial charge is 0.254 e. The van der Waals surface area contributed by atoms with E-state index in [-0.39, 0.29) is 11.3 Å². The summed E-state index contributed by atoms with van der Waals surface area (Å²) in [5, 5.41) is 2.62. The molecule has 0 heterocycles. The molecule has 3 nitrogen and oxygen atoms in total. The fourth-order valence-corrected chi connectivity index (χ4v) is 1.74. The molecule has 17 heavy (non-hydrogen) atoms. The monoisotopic (exact) mass is 240 g/mol. The van der Waals surface area contributed by atoms with Gasteiger partial charge in [0.05, 0.1) is 11.3 Å². The van der Waals surface area contributed by atoms with Crippen molar-refractivity contribution in [2.45, 2.75) is 13.3 Å².